The van der Waals surface area contributed by atoms with Gasteiger partial charge in [-0.2, -0.15) is 0 Å². The number of nitro benzene ring substituents is 1. The number of carbonyl (C=O) groups is 1. The first-order valence-electron chi connectivity index (χ1n) is 9.73. The van der Waals surface area contributed by atoms with E-state index in [1.165, 1.54) is 18.2 Å². The topological polar surface area (TPSA) is 93.9 Å². The molecule has 8 heteroatoms. The number of nitro groups is 1. The highest BCUT2D eigenvalue weighted by molar-refractivity contribution is 5.91. The van der Waals surface area contributed by atoms with E-state index in [1.54, 1.807) is 25.3 Å². The molecule has 158 valence electrons. The fourth-order valence-electron chi connectivity index (χ4n) is 3.31. The molecule has 0 aromatic heterocycles. The third kappa shape index (κ3) is 5.88. The van der Waals surface area contributed by atoms with Crippen LogP contribution in [0.1, 0.15) is 17.2 Å². The fraction of sp³-hybridized carbons (Fsp3) is 0.318. The summed E-state index contributed by atoms with van der Waals surface area (Å²) in [5, 5.41) is 13.7. The lowest BCUT2D eigenvalue weighted by molar-refractivity contribution is -0.384. The summed E-state index contributed by atoms with van der Waals surface area (Å²) >= 11 is 0. The zero-order chi connectivity index (χ0) is 21.3. The van der Waals surface area contributed by atoms with Crippen molar-refractivity contribution >= 4 is 17.7 Å². The summed E-state index contributed by atoms with van der Waals surface area (Å²) in [6, 6.07) is 13.9. The molecular formula is C22H25N3O5. The number of ether oxygens (including phenoxy) is 2. The van der Waals surface area contributed by atoms with E-state index in [4.69, 9.17) is 9.47 Å². The molecule has 1 N–H and O–H groups in total. The van der Waals surface area contributed by atoms with E-state index >= 15 is 0 Å². The van der Waals surface area contributed by atoms with Crippen molar-refractivity contribution in [3.8, 4) is 5.75 Å². The Morgan fingerprint density at radius 1 is 1.20 bits per heavy atom. The lowest BCUT2D eigenvalue weighted by Gasteiger charge is -2.34. The number of morpholine rings is 1. The molecule has 1 saturated heterocycles. The maximum Gasteiger partial charge on any atom is 0.269 e. The van der Waals surface area contributed by atoms with Crippen LogP contribution < -0.4 is 10.1 Å². The molecule has 8 nitrogen and oxygen atoms in total. The molecule has 0 bridgehead atoms. The molecule has 0 spiro atoms. The highest BCUT2D eigenvalue weighted by atomic mass is 16.6. The summed E-state index contributed by atoms with van der Waals surface area (Å²) in [5.74, 6) is 0.565. The average molecular weight is 411 g/mol. The minimum absolute atomic E-state index is 0.0180. The predicted molar refractivity (Wildman–Crippen MR) is 113 cm³/mol. The summed E-state index contributed by atoms with van der Waals surface area (Å²) in [7, 11) is 1.63. The Bertz CT molecular complexity index is 875. The number of hydrogen-bond donors (Lipinski definition) is 1. The number of hydrogen-bond acceptors (Lipinski definition) is 6. The summed E-state index contributed by atoms with van der Waals surface area (Å²) in [6.07, 6.45) is 3.07. The van der Waals surface area contributed by atoms with Crippen LogP contribution in [0, 0.1) is 10.1 Å². The third-order valence-electron chi connectivity index (χ3n) is 4.99. The van der Waals surface area contributed by atoms with E-state index in [0.717, 1.165) is 30.0 Å². The van der Waals surface area contributed by atoms with Crippen molar-refractivity contribution in [2.45, 2.75) is 6.04 Å². The van der Waals surface area contributed by atoms with Crippen LogP contribution >= 0.6 is 0 Å². The second kappa shape index (κ2) is 10.5. The van der Waals surface area contributed by atoms with Crippen LogP contribution in [0.3, 0.4) is 0 Å². The smallest absolute Gasteiger partial charge is 0.269 e. The Kier molecular flexibility index (Phi) is 7.53. The Morgan fingerprint density at radius 3 is 2.47 bits per heavy atom. The minimum atomic E-state index is -0.453. The number of benzene rings is 2. The van der Waals surface area contributed by atoms with Gasteiger partial charge in [0.05, 0.1) is 31.3 Å². The van der Waals surface area contributed by atoms with E-state index in [9.17, 15) is 14.9 Å². The van der Waals surface area contributed by atoms with E-state index < -0.39 is 4.92 Å². The van der Waals surface area contributed by atoms with Crippen molar-refractivity contribution in [3.63, 3.8) is 0 Å². The van der Waals surface area contributed by atoms with Gasteiger partial charge in [0.2, 0.25) is 5.91 Å². The molecule has 0 radical (unpaired) electrons. The summed E-state index contributed by atoms with van der Waals surface area (Å²) in [4.78, 5) is 24.9. The van der Waals surface area contributed by atoms with Crippen LogP contribution in [0.5, 0.6) is 5.75 Å². The Balaban J connectivity index is 1.63. The van der Waals surface area contributed by atoms with Gasteiger partial charge in [0.15, 0.2) is 0 Å². The maximum atomic E-state index is 12.3. The summed E-state index contributed by atoms with van der Waals surface area (Å²) in [5.41, 5.74) is 1.83. The first kappa shape index (κ1) is 21.5. The summed E-state index contributed by atoms with van der Waals surface area (Å²) < 4.78 is 10.7. The van der Waals surface area contributed by atoms with Crippen molar-refractivity contribution in [2.24, 2.45) is 0 Å². The fourth-order valence-corrected chi connectivity index (χ4v) is 3.31. The molecule has 0 saturated carbocycles. The second-order valence-corrected chi connectivity index (χ2v) is 6.86. The molecule has 1 fully saturated rings. The van der Waals surface area contributed by atoms with Gasteiger partial charge < -0.3 is 14.8 Å². The lowest BCUT2D eigenvalue weighted by Crippen LogP contribution is -2.43. The van der Waals surface area contributed by atoms with Crippen LogP contribution in [0.15, 0.2) is 54.6 Å². The SMILES string of the molecule is COc1ccc(C(CNC(=O)/C=C/c2ccc([N+](=O)[O-])cc2)N2CCOCC2)cc1. The molecule has 2 aromatic carbocycles. The van der Waals surface area contributed by atoms with Crippen LogP contribution in [-0.2, 0) is 9.53 Å². The van der Waals surface area contributed by atoms with Gasteiger partial charge in [-0.05, 0) is 41.5 Å². The summed E-state index contributed by atoms with van der Waals surface area (Å²) in [6.45, 7) is 3.38. The average Bonchev–Trinajstić information content (AvgIpc) is 2.79. The standard InChI is InChI=1S/C22H25N3O5/c1-29-20-9-5-18(6-10-20)21(24-12-14-30-15-13-24)16-23-22(26)11-4-17-2-7-19(8-3-17)25(27)28/h2-11,21H,12-16H2,1H3,(H,23,26)/b11-4+. The van der Waals surface area contributed by atoms with Gasteiger partial charge in [0, 0.05) is 37.8 Å². The van der Waals surface area contributed by atoms with Crippen LogP contribution in [0.25, 0.3) is 6.08 Å². The van der Waals surface area contributed by atoms with Gasteiger partial charge in [-0.3, -0.25) is 19.8 Å². The monoisotopic (exact) mass is 411 g/mol. The normalized spacial score (nSPS) is 15.6. The number of non-ortho nitro benzene ring substituents is 1. The van der Waals surface area contributed by atoms with Crippen molar-refractivity contribution in [2.75, 3.05) is 40.0 Å². The number of methoxy groups -OCH3 is 1. The molecule has 2 aromatic rings. The molecule has 0 aliphatic carbocycles. The number of nitrogens with zero attached hydrogens (tertiary/aromatic N) is 2. The maximum absolute atomic E-state index is 12.3. The molecule has 3 rings (SSSR count). The van der Waals surface area contributed by atoms with Crippen LogP contribution in [-0.4, -0.2) is 55.7 Å². The zero-order valence-corrected chi connectivity index (χ0v) is 16.8. The zero-order valence-electron chi connectivity index (χ0n) is 16.8. The molecule has 1 aliphatic rings. The lowest BCUT2D eigenvalue weighted by atomic mass is 10.0. The molecule has 1 atom stereocenters. The van der Waals surface area contributed by atoms with E-state index in [2.05, 4.69) is 10.2 Å². The quantitative estimate of drug-likeness (QED) is 0.408. The van der Waals surface area contributed by atoms with Gasteiger partial charge in [-0.15, -0.1) is 0 Å². The van der Waals surface area contributed by atoms with Crippen LogP contribution in [0.4, 0.5) is 5.69 Å². The van der Waals surface area contributed by atoms with Gasteiger partial charge >= 0.3 is 0 Å². The largest absolute Gasteiger partial charge is 0.497 e. The third-order valence-corrected chi connectivity index (χ3v) is 4.99. The molecular weight excluding hydrogens is 386 g/mol. The Morgan fingerprint density at radius 2 is 1.87 bits per heavy atom. The molecule has 1 unspecified atom stereocenters. The van der Waals surface area contributed by atoms with Gasteiger partial charge in [0.25, 0.3) is 5.69 Å². The second-order valence-electron chi connectivity index (χ2n) is 6.86. The van der Waals surface area contributed by atoms with Crippen molar-refractivity contribution in [1.82, 2.24) is 10.2 Å². The van der Waals surface area contributed by atoms with Gasteiger partial charge in [-0.1, -0.05) is 12.1 Å². The van der Waals surface area contributed by atoms with Crippen LogP contribution in [0.2, 0.25) is 0 Å². The van der Waals surface area contributed by atoms with Gasteiger partial charge in [-0.25, -0.2) is 0 Å². The van der Waals surface area contributed by atoms with Crippen molar-refractivity contribution in [3.05, 3.63) is 75.8 Å². The molecule has 30 heavy (non-hydrogen) atoms. The van der Waals surface area contributed by atoms with E-state index in [1.807, 2.05) is 24.3 Å². The molecule has 1 heterocycles. The number of carbonyl (C=O) groups excluding carboxylic acids is 1. The predicted octanol–water partition coefficient (Wildman–Crippen LogP) is 2.81. The minimum Gasteiger partial charge on any atom is -0.497 e. The van der Waals surface area contributed by atoms with E-state index in [0.29, 0.717) is 19.8 Å². The molecule has 1 amide bonds. The number of amides is 1. The highest BCUT2D eigenvalue weighted by Gasteiger charge is 2.23. The number of rotatable bonds is 8. The Labute approximate surface area is 175 Å². The first-order valence-corrected chi connectivity index (χ1v) is 9.73. The molecule has 1 aliphatic heterocycles. The first-order chi connectivity index (χ1) is 14.6. The highest BCUT2D eigenvalue weighted by Crippen LogP contribution is 2.23. The van der Waals surface area contributed by atoms with E-state index in [-0.39, 0.29) is 17.6 Å². The number of nitrogens with one attached hydrogen (secondary N) is 1. The Hall–Kier alpha value is -3.23. The van der Waals surface area contributed by atoms with Crippen molar-refractivity contribution < 1.29 is 19.2 Å². The van der Waals surface area contributed by atoms with Gasteiger partial charge in [0.1, 0.15) is 5.75 Å². The van der Waals surface area contributed by atoms with Crippen molar-refractivity contribution in [1.29, 1.82) is 0 Å².